The van der Waals surface area contributed by atoms with E-state index in [1.54, 1.807) is 0 Å². The fourth-order valence-corrected chi connectivity index (χ4v) is 8.82. The second-order valence-electron chi connectivity index (χ2n) is 19.1. The molecule has 11 nitrogen and oxygen atoms in total. The highest BCUT2D eigenvalue weighted by atomic mass is 31.2. The Balaban J connectivity index is 4.69. The number of aliphatic hydroxyl groups is 1. The van der Waals surface area contributed by atoms with Crippen LogP contribution in [0.3, 0.4) is 0 Å². The van der Waals surface area contributed by atoms with Crippen molar-refractivity contribution in [3.8, 4) is 0 Å². The number of aliphatic hydroxyl groups excluding tert-OH is 1. The number of hydrogen-bond acceptors (Lipinski definition) is 10. The number of rotatable bonds is 53. The number of ether oxygens (including phenoxy) is 3. The molecule has 0 aliphatic carbocycles. The van der Waals surface area contributed by atoms with Crippen LogP contribution in [-0.4, -0.2) is 66.5 Å². The van der Waals surface area contributed by atoms with Crippen molar-refractivity contribution in [3.05, 3.63) is 24.3 Å². The summed E-state index contributed by atoms with van der Waals surface area (Å²) < 4.78 is 39.4. The number of hydrogen-bond donors (Lipinski definition) is 2. The van der Waals surface area contributed by atoms with Crippen molar-refractivity contribution in [2.75, 3.05) is 26.4 Å². The van der Waals surface area contributed by atoms with E-state index in [0.717, 1.165) is 70.6 Å². The molecule has 0 radical (unpaired) electrons. The minimum Gasteiger partial charge on any atom is -0.462 e. The Morgan fingerprint density at radius 1 is 0.412 bits per heavy atom. The van der Waals surface area contributed by atoms with Gasteiger partial charge >= 0.3 is 25.7 Å². The zero-order valence-corrected chi connectivity index (χ0v) is 45.0. The summed E-state index contributed by atoms with van der Waals surface area (Å²) in [7, 11) is -4.73. The molecule has 3 atom stereocenters. The van der Waals surface area contributed by atoms with E-state index in [1.807, 2.05) is 0 Å². The summed E-state index contributed by atoms with van der Waals surface area (Å²) in [5.41, 5.74) is 0. The number of carbonyl (C=O) groups excluding carboxylic acids is 3. The molecule has 12 heteroatoms. The van der Waals surface area contributed by atoms with Crippen molar-refractivity contribution in [2.45, 2.75) is 290 Å². The Bertz CT molecular complexity index is 1240. The maximum Gasteiger partial charge on any atom is 0.472 e. The first-order valence-electron chi connectivity index (χ1n) is 28.2. The molecule has 0 aromatic heterocycles. The van der Waals surface area contributed by atoms with Crippen LogP contribution >= 0.6 is 7.82 Å². The van der Waals surface area contributed by atoms with Crippen LogP contribution in [0.15, 0.2) is 24.3 Å². The van der Waals surface area contributed by atoms with E-state index in [4.69, 9.17) is 23.3 Å². The van der Waals surface area contributed by atoms with Crippen molar-refractivity contribution in [1.82, 2.24) is 0 Å². The molecule has 0 saturated carbocycles. The molecule has 2 N–H and O–H groups in total. The van der Waals surface area contributed by atoms with Crippen molar-refractivity contribution in [2.24, 2.45) is 0 Å². The Morgan fingerprint density at radius 3 is 1.12 bits per heavy atom. The summed E-state index contributed by atoms with van der Waals surface area (Å²) in [6.07, 6.45) is 49.9. The molecule has 0 aliphatic rings. The number of carbonyl (C=O) groups is 3. The monoisotopic (exact) mass is 985 g/mol. The minimum absolute atomic E-state index is 0.172. The average Bonchev–Trinajstić information content (AvgIpc) is 3.32. The largest absolute Gasteiger partial charge is 0.472 e. The minimum atomic E-state index is -4.73. The van der Waals surface area contributed by atoms with Crippen LogP contribution in [0.2, 0.25) is 0 Å². The van der Waals surface area contributed by atoms with E-state index in [9.17, 15) is 28.9 Å². The normalized spacial score (nSPS) is 13.5. The first-order valence-corrected chi connectivity index (χ1v) is 29.7. The van der Waals surface area contributed by atoms with Crippen LogP contribution in [0.4, 0.5) is 0 Å². The lowest BCUT2D eigenvalue weighted by Crippen LogP contribution is -2.30. The molecule has 3 unspecified atom stereocenters. The third-order valence-corrected chi connectivity index (χ3v) is 13.3. The van der Waals surface area contributed by atoms with Crippen LogP contribution in [-0.2, 0) is 42.2 Å². The van der Waals surface area contributed by atoms with E-state index < -0.39 is 57.8 Å². The molecule has 400 valence electrons. The molecule has 0 rings (SSSR count). The van der Waals surface area contributed by atoms with Crippen LogP contribution in [0.25, 0.3) is 0 Å². The number of phosphoric ester groups is 1. The molecular weight excluding hydrogens is 880 g/mol. The highest BCUT2D eigenvalue weighted by molar-refractivity contribution is 7.47. The lowest BCUT2D eigenvalue weighted by molar-refractivity contribution is -0.161. The molecule has 0 bridgehead atoms. The van der Waals surface area contributed by atoms with Gasteiger partial charge in [-0.25, -0.2) is 4.57 Å². The highest BCUT2D eigenvalue weighted by Gasteiger charge is 2.28. The molecule has 0 saturated heterocycles. The van der Waals surface area contributed by atoms with E-state index in [1.165, 1.54) is 148 Å². The lowest BCUT2D eigenvalue weighted by Gasteiger charge is -2.21. The van der Waals surface area contributed by atoms with Crippen LogP contribution in [0.1, 0.15) is 278 Å². The topological polar surface area (TPSA) is 155 Å². The Kier molecular flexibility index (Phi) is 49.8. The van der Waals surface area contributed by atoms with Gasteiger partial charge in [-0.15, -0.1) is 0 Å². The van der Waals surface area contributed by atoms with Crippen molar-refractivity contribution >= 4 is 25.7 Å². The SMILES string of the molecule is CCCCC/C=C\C/C=C\CCCCCCCCCC(=O)OCC(COP(=O)(O)OCC(CO)OC(=O)CCCCCCCCCCCCC)OC(=O)CCCCCCCCCCCCCCC. The molecule has 0 amide bonds. The highest BCUT2D eigenvalue weighted by Crippen LogP contribution is 2.43. The number of phosphoric acid groups is 1. The summed E-state index contributed by atoms with van der Waals surface area (Å²) in [5, 5.41) is 9.78. The first kappa shape index (κ1) is 66.0. The molecule has 0 aliphatic heterocycles. The van der Waals surface area contributed by atoms with Crippen LogP contribution < -0.4 is 0 Å². The molecule has 68 heavy (non-hydrogen) atoms. The molecule has 0 aromatic rings. The van der Waals surface area contributed by atoms with Gasteiger partial charge in [0.1, 0.15) is 12.7 Å². The smallest absolute Gasteiger partial charge is 0.462 e. The van der Waals surface area contributed by atoms with Gasteiger partial charge in [0, 0.05) is 19.3 Å². The van der Waals surface area contributed by atoms with Gasteiger partial charge in [-0.2, -0.15) is 0 Å². The van der Waals surface area contributed by atoms with Crippen molar-refractivity contribution < 1.29 is 52.2 Å². The predicted molar refractivity (Wildman–Crippen MR) is 280 cm³/mol. The number of esters is 3. The van der Waals surface area contributed by atoms with E-state index in [2.05, 4.69) is 45.1 Å². The summed E-state index contributed by atoms with van der Waals surface area (Å²) in [6.45, 7) is 4.64. The quantitative estimate of drug-likeness (QED) is 0.0197. The molecular formula is C56H105O11P. The average molecular weight is 985 g/mol. The van der Waals surface area contributed by atoms with Gasteiger partial charge < -0.3 is 24.2 Å². The predicted octanol–water partition coefficient (Wildman–Crippen LogP) is 16.3. The van der Waals surface area contributed by atoms with Gasteiger partial charge in [-0.3, -0.25) is 23.4 Å². The first-order chi connectivity index (χ1) is 33.2. The molecule has 0 fully saturated rings. The molecule has 0 heterocycles. The van der Waals surface area contributed by atoms with Gasteiger partial charge in [0.15, 0.2) is 6.10 Å². The van der Waals surface area contributed by atoms with Gasteiger partial charge in [0.2, 0.25) is 0 Å². The van der Waals surface area contributed by atoms with E-state index in [0.29, 0.717) is 19.3 Å². The summed E-state index contributed by atoms with van der Waals surface area (Å²) >= 11 is 0. The van der Waals surface area contributed by atoms with E-state index >= 15 is 0 Å². The Hall–Kier alpha value is -2.04. The Labute approximate surface area is 417 Å². The fraction of sp³-hybridized carbons (Fsp3) is 0.875. The van der Waals surface area contributed by atoms with E-state index in [-0.39, 0.29) is 25.9 Å². The third-order valence-electron chi connectivity index (χ3n) is 12.4. The maximum atomic E-state index is 12.9. The standard InChI is InChI=1S/C56H105O11P/c1-4-7-10-13-16-19-22-24-25-26-27-29-31-33-36-39-42-45-54(58)63-49-53(67-56(60)47-44-41-38-35-32-28-23-20-17-14-11-8-5-2)51-65-68(61,62)64-50-52(48-57)66-55(59)46-43-40-37-34-30-21-18-15-12-9-6-3/h16,19,24-25,52-53,57H,4-15,17-18,20-23,26-51H2,1-3H3,(H,61,62)/b19-16-,25-24-. The van der Waals surface area contributed by atoms with Gasteiger partial charge in [0.05, 0.1) is 19.8 Å². The third kappa shape index (κ3) is 49.0. The maximum absolute atomic E-state index is 12.9. The number of allylic oxidation sites excluding steroid dienone is 4. The summed E-state index contributed by atoms with van der Waals surface area (Å²) in [5.74, 6) is -1.45. The second-order valence-corrected chi connectivity index (χ2v) is 20.6. The second kappa shape index (κ2) is 51.3. The number of unbranched alkanes of at least 4 members (excludes halogenated alkanes) is 32. The van der Waals surface area contributed by atoms with Crippen LogP contribution in [0, 0.1) is 0 Å². The molecule has 0 aromatic carbocycles. The van der Waals surface area contributed by atoms with Crippen molar-refractivity contribution in [3.63, 3.8) is 0 Å². The van der Waals surface area contributed by atoms with Gasteiger partial charge in [0.25, 0.3) is 0 Å². The van der Waals surface area contributed by atoms with Gasteiger partial charge in [-0.05, 0) is 51.4 Å². The lowest BCUT2D eigenvalue weighted by atomic mass is 10.0. The zero-order chi connectivity index (χ0) is 49.9. The molecule has 0 spiro atoms. The van der Waals surface area contributed by atoms with Crippen molar-refractivity contribution in [1.29, 1.82) is 0 Å². The zero-order valence-electron chi connectivity index (χ0n) is 44.1. The summed E-state index contributed by atoms with van der Waals surface area (Å²) in [6, 6.07) is 0. The summed E-state index contributed by atoms with van der Waals surface area (Å²) in [4.78, 5) is 48.4. The Morgan fingerprint density at radius 2 is 0.721 bits per heavy atom. The van der Waals surface area contributed by atoms with Gasteiger partial charge in [-0.1, -0.05) is 231 Å². The van der Waals surface area contributed by atoms with Crippen LogP contribution in [0.5, 0.6) is 0 Å². The fourth-order valence-electron chi connectivity index (χ4n) is 8.03.